The van der Waals surface area contributed by atoms with Gasteiger partial charge in [-0.2, -0.15) is 0 Å². The molecule has 0 radical (unpaired) electrons. The highest BCUT2D eigenvalue weighted by Crippen LogP contribution is 2.21. The molecule has 1 nitrogen and oxygen atoms in total. The fourth-order valence-corrected chi connectivity index (χ4v) is 0.925. The molecule has 0 spiro atoms. The number of carbonyl (C=O) groups is 1. The van der Waals surface area contributed by atoms with Gasteiger partial charge in [0.2, 0.25) is 0 Å². The van der Waals surface area contributed by atoms with Gasteiger partial charge < -0.3 is 0 Å². The number of carbonyl (C=O) groups excluding carboxylic acids is 1. The first-order valence-corrected chi connectivity index (χ1v) is 3.94. The Kier molecular flexibility index (Phi) is 3.07. The third-order valence-corrected chi connectivity index (χ3v) is 1.80. The number of hydrogen-bond donors (Lipinski definition) is 0. The highest BCUT2D eigenvalue weighted by molar-refractivity contribution is 5.85. The summed E-state index contributed by atoms with van der Waals surface area (Å²) < 4.78 is 0. The van der Waals surface area contributed by atoms with Gasteiger partial charge in [0, 0.05) is 11.3 Å². The van der Waals surface area contributed by atoms with E-state index >= 15 is 0 Å². The van der Waals surface area contributed by atoms with Crippen molar-refractivity contribution < 1.29 is 4.79 Å². The van der Waals surface area contributed by atoms with Gasteiger partial charge in [-0.3, -0.25) is 4.79 Å². The highest BCUT2D eigenvalue weighted by Gasteiger charge is 2.24. The first-order chi connectivity index (χ1) is 4.39. The van der Waals surface area contributed by atoms with Crippen LogP contribution in [0.1, 0.15) is 41.0 Å². The minimum absolute atomic E-state index is 0.157. The Morgan fingerprint density at radius 2 is 1.80 bits per heavy atom. The quantitative estimate of drug-likeness (QED) is 0.579. The molecule has 1 atom stereocenters. The SMILES string of the molecule is CC[C@@H](C)C(=O)C(C)(C)C. The monoisotopic (exact) mass is 142 g/mol. The van der Waals surface area contributed by atoms with E-state index in [1.165, 1.54) is 0 Å². The Balaban J connectivity index is 4.09. The molecule has 0 amide bonds. The highest BCUT2D eigenvalue weighted by atomic mass is 16.1. The lowest BCUT2D eigenvalue weighted by Gasteiger charge is -2.20. The van der Waals surface area contributed by atoms with E-state index in [4.69, 9.17) is 0 Å². The van der Waals surface area contributed by atoms with Gasteiger partial charge in [0.05, 0.1) is 0 Å². The number of hydrogen-bond acceptors (Lipinski definition) is 1. The average molecular weight is 142 g/mol. The summed E-state index contributed by atoms with van der Waals surface area (Å²) in [4.78, 5) is 11.4. The summed E-state index contributed by atoms with van der Waals surface area (Å²) in [5.41, 5.74) is -0.157. The molecule has 60 valence electrons. The topological polar surface area (TPSA) is 17.1 Å². The van der Waals surface area contributed by atoms with E-state index in [9.17, 15) is 4.79 Å². The molecular formula is C9H18O. The summed E-state index contributed by atoms with van der Waals surface area (Å²) >= 11 is 0. The van der Waals surface area contributed by atoms with Crippen molar-refractivity contribution in [1.82, 2.24) is 0 Å². The Morgan fingerprint density at radius 1 is 1.40 bits per heavy atom. The predicted octanol–water partition coefficient (Wildman–Crippen LogP) is 2.65. The molecule has 0 aromatic heterocycles. The zero-order valence-corrected chi connectivity index (χ0v) is 7.69. The predicted molar refractivity (Wildman–Crippen MR) is 43.9 cm³/mol. The average Bonchev–Trinajstić information content (AvgIpc) is 1.83. The molecule has 0 aromatic carbocycles. The van der Waals surface area contributed by atoms with E-state index in [1.54, 1.807) is 0 Å². The minimum Gasteiger partial charge on any atom is -0.299 e. The molecule has 0 heterocycles. The van der Waals surface area contributed by atoms with Crippen LogP contribution in [0.15, 0.2) is 0 Å². The van der Waals surface area contributed by atoms with E-state index in [0.717, 1.165) is 6.42 Å². The normalized spacial score (nSPS) is 14.9. The van der Waals surface area contributed by atoms with Crippen molar-refractivity contribution in [3.05, 3.63) is 0 Å². The van der Waals surface area contributed by atoms with Crippen LogP contribution in [0, 0.1) is 11.3 Å². The standard InChI is InChI=1S/C9H18O/c1-6-7(2)8(10)9(3,4)5/h7H,6H2,1-5H3/t7-/m1/s1. The van der Waals surface area contributed by atoms with Gasteiger partial charge in [-0.05, 0) is 6.42 Å². The first-order valence-electron chi connectivity index (χ1n) is 3.94. The Morgan fingerprint density at radius 3 is 1.90 bits per heavy atom. The van der Waals surface area contributed by atoms with E-state index in [-0.39, 0.29) is 11.3 Å². The molecule has 10 heavy (non-hydrogen) atoms. The molecule has 0 rings (SSSR count). The van der Waals surface area contributed by atoms with E-state index in [1.807, 2.05) is 34.6 Å². The molecule has 0 aromatic rings. The summed E-state index contributed by atoms with van der Waals surface area (Å²) in [6.45, 7) is 9.96. The van der Waals surface area contributed by atoms with Crippen LogP contribution in [-0.4, -0.2) is 5.78 Å². The van der Waals surface area contributed by atoms with Gasteiger partial charge in [-0.25, -0.2) is 0 Å². The molecule has 0 N–H and O–H groups in total. The lowest BCUT2D eigenvalue weighted by Crippen LogP contribution is -2.26. The lowest BCUT2D eigenvalue weighted by atomic mass is 9.83. The molecule has 0 aliphatic carbocycles. The van der Waals surface area contributed by atoms with Crippen molar-refractivity contribution in [2.24, 2.45) is 11.3 Å². The summed E-state index contributed by atoms with van der Waals surface area (Å²) in [5, 5.41) is 0. The second-order valence-electron chi connectivity index (χ2n) is 3.92. The van der Waals surface area contributed by atoms with Crippen LogP contribution in [0.25, 0.3) is 0 Å². The van der Waals surface area contributed by atoms with Gasteiger partial charge in [-0.15, -0.1) is 0 Å². The maximum Gasteiger partial charge on any atom is 0.140 e. The maximum absolute atomic E-state index is 11.4. The number of rotatable bonds is 2. The molecule has 0 fully saturated rings. The van der Waals surface area contributed by atoms with Crippen LogP contribution in [0.4, 0.5) is 0 Å². The molecule has 1 heteroatoms. The summed E-state index contributed by atoms with van der Waals surface area (Å²) in [5.74, 6) is 0.593. The van der Waals surface area contributed by atoms with Gasteiger partial charge in [0.1, 0.15) is 5.78 Å². The molecule has 0 aliphatic rings. The molecule has 0 saturated carbocycles. The van der Waals surface area contributed by atoms with Crippen LogP contribution in [0.3, 0.4) is 0 Å². The zero-order chi connectivity index (χ0) is 8.36. The smallest absolute Gasteiger partial charge is 0.140 e. The van der Waals surface area contributed by atoms with Crippen molar-refractivity contribution in [1.29, 1.82) is 0 Å². The van der Waals surface area contributed by atoms with Gasteiger partial charge in [-0.1, -0.05) is 34.6 Å². The third kappa shape index (κ3) is 2.51. The van der Waals surface area contributed by atoms with Crippen molar-refractivity contribution in [3.63, 3.8) is 0 Å². The van der Waals surface area contributed by atoms with Crippen LogP contribution >= 0.6 is 0 Å². The van der Waals surface area contributed by atoms with Crippen LogP contribution in [-0.2, 0) is 4.79 Å². The van der Waals surface area contributed by atoms with Gasteiger partial charge >= 0.3 is 0 Å². The minimum atomic E-state index is -0.157. The zero-order valence-electron chi connectivity index (χ0n) is 7.69. The molecule has 0 unspecified atom stereocenters. The molecule has 0 aliphatic heterocycles. The fraction of sp³-hybridized carbons (Fsp3) is 0.889. The maximum atomic E-state index is 11.4. The third-order valence-electron chi connectivity index (χ3n) is 1.80. The van der Waals surface area contributed by atoms with Crippen molar-refractivity contribution in [3.8, 4) is 0 Å². The lowest BCUT2D eigenvalue weighted by molar-refractivity contribution is -0.129. The Hall–Kier alpha value is -0.330. The molecule has 0 saturated heterocycles. The second-order valence-corrected chi connectivity index (χ2v) is 3.92. The van der Waals surface area contributed by atoms with Gasteiger partial charge in [0.15, 0.2) is 0 Å². The van der Waals surface area contributed by atoms with Crippen LogP contribution < -0.4 is 0 Å². The summed E-state index contributed by atoms with van der Waals surface area (Å²) in [7, 11) is 0. The van der Waals surface area contributed by atoms with E-state index in [0.29, 0.717) is 5.78 Å². The Labute approximate surface area is 63.8 Å². The van der Waals surface area contributed by atoms with Crippen molar-refractivity contribution in [2.45, 2.75) is 41.0 Å². The summed E-state index contributed by atoms with van der Waals surface area (Å²) in [6, 6.07) is 0. The fourth-order valence-electron chi connectivity index (χ4n) is 0.925. The van der Waals surface area contributed by atoms with E-state index < -0.39 is 0 Å². The Bertz CT molecular complexity index is 119. The largest absolute Gasteiger partial charge is 0.299 e. The number of ketones is 1. The molecule has 0 bridgehead atoms. The summed E-state index contributed by atoms with van der Waals surface area (Å²) in [6.07, 6.45) is 0.954. The van der Waals surface area contributed by atoms with Crippen molar-refractivity contribution in [2.75, 3.05) is 0 Å². The van der Waals surface area contributed by atoms with Crippen LogP contribution in [0.2, 0.25) is 0 Å². The van der Waals surface area contributed by atoms with Gasteiger partial charge in [0.25, 0.3) is 0 Å². The van der Waals surface area contributed by atoms with Crippen LogP contribution in [0.5, 0.6) is 0 Å². The number of Topliss-reactive ketones (excluding diaryl/α,β-unsaturated/α-hetero) is 1. The van der Waals surface area contributed by atoms with E-state index in [2.05, 4.69) is 0 Å². The second kappa shape index (κ2) is 3.18. The first kappa shape index (κ1) is 9.67. The molecular weight excluding hydrogens is 124 g/mol. The van der Waals surface area contributed by atoms with Crippen molar-refractivity contribution >= 4 is 5.78 Å².